The Kier molecular flexibility index (Phi) is 7.00. The van der Waals surface area contributed by atoms with Gasteiger partial charge in [-0.3, -0.25) is 0 Å². The molecule has 1 saturated heterocycles. The highest BCUT2D eigenvalue weighted by molar-refractivity contribution is 7.90. The highest BCUT2D eigenvalue weighted by Crippen LogP contribution is 2.39. The molecule has 0 radical (unpaired) electrons. The Morgan fingerprint density at radius 1 is 1.19 bits per heavy atom. The molecule has 196 valence electrons. The first-order valence-electron chi connectivity index (χ1n) is 11.8. The number of hydrogen-bond acceptors (Lipinski definition) is 9. The number of fused-ring (bicyclic) bond motifs is 1. The lowest BCUT2D eigenvalue weighted by atomic mass is 10.0. The number of piperidine rings is 1. The first-order chi connectivity index (χ1) is 16.8. The summed E-state index contributed by atoms with van der Waals surface area (Å²) in [5.74, 6) is 1.09. The van der Waals surface area contributed by atoms with Crippen molar-refractivity contribution in [3.63, 3.8) is 0 Å². The van der Waals surface area contributed by atoms with Crippen LogP contribution in [-0.2, 0) is 14.6 Å². The molecule has 36 heavy (non-hydrogen) atoms. The van der Waals surface area contributed by atoms with Gasteiger partial charge in [-0.1, -0.05) is 0 Å². The quantitative estimate of drug-likeness (QED) is 0.644. The lowest BCUT2D eigenvalue weighted by Gasteiger charge is -2.41. The lowest BCUT2D eigenvalue weighted by molar-refractivity contribution is 0.0203. The summed E-state index contributed by atoms with van der Waals surface area (Å²) >= 11 is 0. The van der Waals surface area contributed by atoms with Gasteiger partial charge in [0, 0.05) is 25.4 Å². The van der Waals surface area contributed by atoms with Gasteiger partial charge in [-0.05, 0) is 58.7 Å². The van der Waals surface area contributed by atoms with Gasteiger partial charge in [0.1, 0.15) is 23.8 Å². The predicted molar refractivity (Wildman–Crippen MR) is 133 cm³/mol. The van der Waals surface area contributed by atoms with E-state index in [-0.39, 0.29) is 22.7 Å². The number of carbonyl (C=O) groups is 1. The van der Waals surface area contributed by atoms with Crippen LogP contribution < -0.4 is 15.0 Å². The number of sulfone groups is 1. The Morgan fingerprint density at radius 2 is 1.89 bits per heavy atom. The van der Waals surface area contributed by atoms with E-state index in [2.05, 4.69) is 20.2 Å². The number of ether oxygens (including phenoxy) is 2. The van der Waals surface area contributed by atoms with Crippen LogP contribution in [-0.4, -0.2) is 73.5 Å². The highest BCUT2D eigenvalue weighted by atomic mass is 32.2. The Labute approximate surface area is 210 Å². The van der Waals surface area contributed by atoms with Crippen molar-refractivity contribution in [3.8, 4) is 5.75 Å². The van der Waals surface area contributed by atoms with Crippen LogP contribution in [0.2, 0.25) is 0 Å². The minimum Gasteiger partial charge on any atom is -0.485 e. The average Bonchev–Trinajstić information content (AvgIpc) is 2.78. The molecule has 1 aromatic heterocycles. The summed E-state index contributed by atoms with van der Waals surface area (Å²) < 4.78 is 49.6. The van der Waals surface area contributed by atoms with Crippen LogP contribution >= 0.6 is 0 Å². The largest absolute Gasteiger partial charge is 0.485 e. The van der Waals surface area contributed by atoms with E-state index < -0.39 is 21.3 Å². The molecular weight excluding hydrogens is 489 g/mol. The van der Waals surface area contributed by atoms with E-state index in [1.54, 1.807) is 11.8 Å². The van der Waals surface area contributed by atoms with E-state index in [9.17, 15) is 17.6 Å². The maximum absolute atomic E-state index is 14.7. The standard InChI is InChI=1S/C24H32FN5O5S/c1-15-26-21(28-19-7-6-17(14-18(19)25)36(5,32)33)20-22(27-15)30(12-13-34-20)16-8-10-29(11-9-16)23(31)35-24(2,3)4/h6-7,14,16H,8-13H2,1-5H3,(H,26,27,28). The summed E-state index contributed by atoms with van der Waals surface area (Å²) in [5.41, 5.74) is -0.464. The van der Waals surface area contributed by atoms with E-state index in [4.69, 9.17) is 9.47 Å². The van der Waals surface area contributed by atoms with Crippen LogP contribution in [0.1, 0.15) is 39.4 Å². The Balaban J connectivity index is 1.54. The molecule has 0 spiro atoms. The fraction of sp³-hybridized carbons (Fsp3) is 0.542. The van der Waals surface area contributed by atoms with Gasteiger partial charge in [0.05, 0.1) is 17.1 Å². The Bertz CT molecular complexity index is 1260. The molecule has 2 aromatic rings. The van der Waals surface area contributed by atoms with Crippen molar-refractivity contribution in [1.29, 1.82) is 0 Å². The van der Waals surface area contributed by atoms with E-state index >= 15 is 0 Å². The van der Waals surface area contributed by atoms with Crippen LogP contribution in [0, 0.1) is 12.7 Å². The SMILES string of the molecule is Cc1nc(Nc2ccc(S(C)(=O)=O)cc2F)c2c(n1)N(C1CCN(C(=O)OC(C)(C)C)CC1)CCO2. The fourth-order valence-electron chi connectivity index (χ4n) is 4.31. The molecular formula is C24H32FN5O5S. The first kappa shape index (κ1) is 25.9. The lowest BCUT2D eigenvalue weighted by Crippen LogP contribution is -2.50. The molecule has 0 atom stereocenters. The van der Waals surface area contributed by atoms with Gasteiger partial charge in [-0.2, -0.15) is 0 Å². The number of likely N-dealkylation sites (tertiary alicyclic amines) is 1. The molecule has 1 fully saturated rings. The molecule has 1 N–H and O–H groups in total. The topological polar surface area (TPSA) is 114 Å². The average molecular weight is 522 g/mol. The summed E-state index contributed by atoms with van der Waals surface area (Å²) in [5, 5.41) is 2.94. The molecule has 4 rings (SSSR count). The number of nitrogens with zero attached hydrogens (tertiary/aromatic N) is 4. The summed E-state index contributed by atoms with van der Waals surface area (Å²) in [6.45, 7) is 9.45. The van der Waals surface area contributed by atoms with E-state index in [0.29, 0.717) is 49.5 Å². The normalized spacial score (nSPS) is 16.8. The monoisotopic (exact) mass is 521 g/mol. The highest BCUT2D eigenvalue weighted by Gasteiger charge is 2.34. The van der Waals surface area contributed by atoms with Gasteiger partial charge in [0.15, 0.2) is 21.5 Å². The predicted octanol–water partition coefficient (Wildman–Crippen LogP) is 3.67. The third kappa shape index (κ3) is 5.80. The van der Waals surface area contributed by atoms with Gasteiger partial charge in [-0.25, -0.2) is 27.6 Å². The molecule has 0 unspecified atom stereocenters. The van der Waals surface area contributed by atoms with Crippen molar-refractivity contribution < 1.29 is 27.1 Å². The molecule has 0 aliphatic carbocycles. The van der Waals surface area contributed by atoms with E-state index in [0.717, 1.165) is 25.2 Å². The maximum atomic E-state index is 14.7. The van der Waals surface area contributed by atoms with Crippen molar-refractivity contribution in [2.24, 2.45) is 0 Å². The number of anilines is 3. The van der Waals surface area contributed by atoms with E-state index in [1.807, 2.05) is 20.8 Å². The smallest absolute Gasteiger partial charge is 0.410 e. The molecule has 3 heterocycles. The van der Waals surface area contributed by atoms with Gasteiger partial charge in [0.2, 0.25) is 5.75 Å². The van der Waals surface area contributed by atoms with Gasteiger partial charge >= 0.3 is 6.09 Å². The minimum atomic E-state index is -3.53. The maximum Gasteiger partial charge on any atom is 0.410 e. The number of aryl methyl sites for hydroxylation is 1. The van der Waals surface area contributed by atoms with Crippen LogP contribution in [0.4, 0.5) is 26.5 Å². The molecule has 2 aliphatic rings. The number of carbonyl (C=O) groups excluding carboxylic acids is 1. The Hall–Kier alpha value is -3.15. The number of amides is 1. The van der Waals surface area contributed by atoms with Gasteiger partial charge in [0.25, 0.3) is 0 Å². The van der Waals surface area contributed by atoms with Crippen LogP contribution in [0.3, 0.4) is 0 Å². The zero-order chi connectivity index (χ0) is 26.3. The third-order valence-electron chi connectivity index (χ3n) is 5.99. The molecule has 12 heteroatoms. The van der Waals surface area contributed by atoms with Crippen LogP contribution in [0.15, 0.2) is 23.1 Å². The number of nitrogens with one attached hydrogen (secondary N) is 1. The first-order valence-corrected chi connectivity index (χ1v) is 13.7. The second-order valence-corrected chi connectivity index (χ2v) is 12.1. The molecule has 1 aromatic carbocycles. The summed E-state index contributed by atoms with van der Waals surface area (Å²) in [6, 6.07) is 3.82. The van der Waals surface area contributed by atoms with Crippen molar-refractivity contribution in [2.45, 2.75) is 57.1 Å². The second-order valence-electron chi connectivity index (χ2n) is 10.1. The second kappa shape index (κ2) is 9.72. The Morgan fingerprint density at radius 3 is 2.50 bits per heavy atom. The minimum absolute atomic E-state index is 0.0779. The third-order valence-corrected chi connectivity index (χ3v) is 7.10. The van der Waals surface area contributed by atoms with Crippen molar-refractivity contribution in [1.82, 2.24) is 14.9 Å². The van der Waals surface area contributed by atoms with Crippen molar-refractivity contribution >= 4 is 33.3 Å². The number of halogens is 1. The molecule has 2 aliphatic heterocycles. The summed E-state index contributed by atoms with van der Waals surface area (Å²) in [6.07, 6.45) is 2.20. The van der Waals surface area contributed by atoms with Crippen molar-refractivity contribution in [2.75, 3.05) is 42.7 Å². The number of hydrogen-bond donors (Lipinski definition) is 1. The number of rotatable bonds is 4. The molecule has 0 bridgehead atoms. The molecule has 0 saturated carbocycles. The summed E-state index contributed by atoms with van der Waals surface area (Å²) in [4.78, 5) is 25.3. The zero-order valence-electron chi connectivity index (χ0n) is 21.2. The van der Waals surface area contributed by atoms with Gasteiger partial charge < -0.3 is 24.6 Å². The van der Waals surface area contributed by atoms with E-state index in [1.165, 1.54) is 12.1 Å². The summed E-state index contributed by atoms with van der Waals surface area (Å²) in [7, 11) is -3.53. The van der Waals surface area contributed by atoms with Gasteiger partial charge in [-0.15, -0.1) is 0 Å². The zero-order valence-corrected chi connectivity index (χ0v) is 22.0. The molecule has 10 nitrogen and oxygen atoms in total. The number of benzene rings is 1. The van der Waals surface area contributed by atoms with Crippen molar-refractivity contribution in [3.05, 3.63) is 29.8 Å². The van der Waals surface area contributed by atoms with Crippen LogP contribution in [0.5, 0.6) is 5.75 Å². The van der Waals surface area contributed by atoms with Crippen LogP contribution in [0.25, 0.3) is 0 Å². The fourth-order valence-corrected chi connectivity index (χ4v) is 4.94. The number of aromatic nitrogens is 2. The molecule has 1 amide bonds.